The summed E-state index contributed by atoms with van der Waals surface area (Å²) < 4.78 is 13.4. The zero-order valence-electron chi connectivity index (χ0n) is 23.3. The van der Waals surface area contributed by atoms with Gasteiger partial charge in [-0.15, -0.1) is 0 Å². The van der Waals surface area contributed by atoms with Crippen molar-refractivity contribution in [1.82, 2.24) is 0 Å². The van der Waals surface area contributed by atoms with Crippen LogP contribution >= 0.6 is 0 Å². The van der Waals surface area contributed by atoms with Gasteiger partial charge in [0.2, 0.25) is 0 Å². The van der Waals surface area contributed by atoms with E-state index in [4.69, 9.17) is 9.47 Å². The maximum atomic E-state index is 12.9. The molecule has 3 saturated carbocycles. The fraction of sp³-hybridized carbons (Fsp3) is 0.903. The standard InChI is InChI=1S/C31H50O3/c1-19(2)21-10-15-29(7)26-24(33-25(32)12-13-27(21,26)5)18-23-22(11-14-28(23,29)6)31(9)17-16-30(8,34-31)20(3)4/h20-24,26H,1,10-18H2,2-9H3/t21-,22-,23+,24+,26+,27-,28+,29+,30+,31-/m0/s1. The normalized spacial score (nSPS) is 54.9. The van der Waals surface area contributed by atoms with E-state index in [2.05, 4.69) is 62.0 Å². The maximum Gasteiger partial charge on any atom is 0.306 e. The van der Waals surface area contributed by atoms with Crippen LogP contribution in [0.3, 0.4) is 0 Å². The van der Waals surface area contributed by atoms with Gasteiger partial charge in [-0.25, -0.2) is 0 Å². The number of carbonyl (C=O) groups is 1. The van der Waals surface area contributed by atoms with E-state index in [0.717, 1.165) is 25.7 Å². The molecule has 34 heavy (non-hydrogen) atoms. The average molecular weight is 471 g/mol. The van der Waals surface area contributed by atoms with Gasteiger partial charge in [0.1, 0.15) is 6.10 Å². The maximum absolute atomic E-state index is 12.9. The Morgan fingerprint density at radius 1 is 0.941 bits per heavy atom. The summed E-state index contributed by atoms with van der Waals surface area (Å²) in [5.41, 5.74) is 1.73. The molecule has 0 aromatic carbocycles. The highest BCUT2D eigenvalue weighted by Crippen LogP contribution is 2.75. The van der Waals surface area contributed by atoms with Crippen molar-refractivity contribution in [3.8, 4) is 0 Å². The zero-order chi connectivity index (χ0) is 24.9. The lowest BCUT2D eigenvalue weighted by Crippen LogP contribution is -2.64. The van der Waals surface area contributed by atoms with Crippen LogP contribution in [0.4, 0.5) is 0 Å². The minimum Gasteiger partial charge on any atom is -0.462 e. The monoisotopic (exact) mass is 470 g/mol. The molecule has 0 bridgehead atoms. The number of hydrogen-bond donors (Lipinski definition) is 0. The van der Waals surface area contributed by atoms with Crippen LogP contribution in [0.25, 0.3) is 0 Å². The van der Waals surface area contributed by atoms with Crippen molar-refractivity contribution in [3.63, 3.8) is 0 Å². The summed E-state index contributed by atoms with van der Waals surface area (Å²) in [5.74, 6) is 2.55. The lowest BCUT2D eigenvalue weighted by Gasteiger charge is -2.67. The third-order valence-electron chi connectivity index (χ3n) is 12.9. The first-order chi connectivity index (χ1) is 15.7. The molecule has 0 aromatic heterocycles. The van der Waals surface area contributed by atoms with E-state index in [1.807, 2.05) is 0 Å². The van der Waals surface area contributed by atoms with Crippen molar-refractivity contribution >= 4 is 5.97 Å². The average Bonchev–Trinajstić information content (AvgIpc) is 3.21. The molecule has 3 nitrogen and oxygen atoms in total. The number of allylic oxidation sites excluding steroid dienone is 1. The van der Waals surface area contributed by atoms with Gasteiger partial charge in [-0.2, -0.15) is 0 Å². The molecule has 0 unspecified atom stereocenters. The van der Waals surface area contributed by atoms with Gasteiger partial charge < -0.3 is 9.47 Å². The Bertz CT molecular complexity index is 878. The summed E-state index contributed by atoms with van der Waals surface area (Å²) in [6, 6.07) is 0. The Morgan fingerprint density at radius 2 is 1.62 bits per heavy atom. The van der Waals surface area contributed by atoms with Crippen LogP contribution in [0.1, 0.15) is 113 Å². The van der Waals surface area contributed by atoms with Crippen molar-refractivity contribution in [2.45, 2.75) is 130 Å². The number of carbonyl (C=O) groups excluding carboxylic acids is 1. The van der Waals surface area contributed by atoms with Gasteiger partial charge in [-0.1, -0.05) is 46.8 Å². The van der Waals surface area contributed by atoms with Crippen LogP contribution in [0.15, 0.2) is 12.2 Å². The molecule has 10 atom stereocenters. The Balaban J connectivity index is 1.55. The summed E-state index contributed by atoms with van der Waals surface area (Å²) in [5, 5.41) is 0. The molecule has 2 saturated heterocycles. The number of rotatable bonds is 3. The molecule has 0 spiro atoms. The van der Waals surface area contributed by atoms with Crippen molar-refractivity contribution in [2.75, 3.05) is 0 Å². The van der Waals surface area contributed by atoms with Crippen molar-refractivity contribution in [2.24, 2.45) is 45.8 Å². The molecular weight excluding hydrogens is 420 g/mol. The predicted octanol–water partition coefficient (Wildman–Crippen LogP) is 7.73. The Kier molecular flexibility index (Phi) is 5.55. The van der Waals surface area contributed by atoms with Gasteiger partial charge in [-0.3, -0.25) is 4.79 Å². The molecule has 0 aromatic rings. The summed E-state index contributed by atoms with van der Waals surface area (Å²) in [6.07, 6.45) is 9.80. The van der Waals surface area contributed by atoms with Crippen LogP contribution < -0.4 is 0 Å². The zero-order valence-corrected chi connectivity index (χ0v) is 23.3. The van der Waals surface area contributed by atoms with Gasteiger partial charge in [-0.05, 0) is 112 Å². The SMILES string of the molecule is C=C(C)[C@@H]1CC[C@]2(C)[C@@H]3[C@@H](C[C@@H]4[C@@H]([C@]5(C)CC[C@](C)(C(C)C)O5)CC[C@]42C)OC(=O)CC[C@]31C. The van der Waals surface area contributed by atoms with Gasteiger partial charge in [0.25, 0.3) is 0 Å². The van der Waals surface area contributed by atoms with Crippen LogP contribution in [0.5, 0.6) is 0 Å². The van der Waals surface area contributed by atoms with Crippen molar-refractivity contribution in [1.29, 1.82) is 0 Å². The Hall–Kier alpha value is -0.830. The number of ether oxygens (including phenoxy) is 2. The van der Waals surface area contributed by atoms with Crippen LogP contribution in [0, 0.1) is 45.8 Å². The molecule has 5 rings (SSSR count). The van der Waals surface area contributed by atoms with Crippen LogP contribution in [0.2, 0.25) is 0 Å². The van der Waals surface area contributed by atoms with Gasteiger partial charge in [0, 0.05) is 12.3 Å². The third-order valence-corrected chi connectivity index (χ3v) is 12.9. The predicted molar refractivity (Wildman–Crippen MR) is 137 cm³/mol. The van der Waals surface area contributed by atoms with Crippen LogP contribution in [-0.2, 0) is 14.3 Å². The molecule has 192 valence electrons. The van der Waals surface area contributed by atoms with E-state index in [1.54, 1.807) is 0 Å². The Morgan fingerprint density at radius 3 is 2.24 bits per heavy atom. The fourth-order valence-electron chi connectivity index (χ4n) is 10.5. The molecule has 0 radical (unpaired) electrons. The summed E-state index contributed by atoms with van der Waals surface area (Å²) >= 11 is 0. The smallest absolute Gasteiger partial charge is 0.306 e. The molecule has 2 aliphatic heterocycles. The van der Waals surface area contributed by atoms with E-state index < -0.39 is 0 Å². The van der Waals surface area contributed by atoms with Gasteiger partial charge in [0.05, 0.1) is 11.2 Å². The highest BCUT2D eigenvalue weighted by molar-refractivity contribution is 5.70. The molecule has 5 fully saturated rings. The molecule has 5 aliphatic rings. The lowest BCUT2D eigenvalue weighted by molar-refractivity contribution is -0.225. The summed E-state index contributed by atoms with van der Waals surface area (Å²) in [6.45, 7) is 23.7. The van der Waals surface area contributed by atoms with Gasteiger partial charge in [0.15, 0.2) is 0 Å². The van der Waals surface area contributed by atoms with Gasteiger partial charge >= 0.3 is 5.97 Å². The second-order valence-electron chi connectivity index (χ2n) is 14.7. The van der Waals surface area contributed by atoms with E-state index >= 15 is 0 Å². The summed E-state index contributed by atoms with van der Waals surface area (Å²) in [4.78, 5) is 12.9. The molecule has 0 amide bonds. The molecule has 0 N–H and O–H groups in total. The minimum atomic E-state index is -0.0718. The lowest BCUT2D eigenvalue weighted by atomic mass is 9.37. The van der Waals surface area contributed by atoms with Crippen molar-refractivity contribution < 1.29 is 14.3 Å². The van der Waals surface area contributed by atoms with E-state index in [1.165, 1.54) is 31.3 Å². The van der Waals surface area contributed by atoms with E-state index in [9.17, 15) is 4.79 Å². The first-order valence-electron chi connectivity index (χ1n) is 14.3. The highest BCUT2D eigenvalue weighted by atomic mass is 16.5. The first-order valence-corrected chi connectivity index (χ1v) is 14.3. The second-order valence-corrected chi connectivity index (χ2v) is 14.7. The number of fused-ring (bicyclic) bond motifs is 2. The molecule has 3 heteroatoms. The highest BCUT2D eigenvalue weighted by Gasteiger charge is 2.71. The largest absolute Gasteiger partial charge is 0.462 e. The summed E-state index contributed by atoms with van der Waals surface area (Å²) in [7, 11) is 0. The molecule has 2 heterocycles. The van der Waals surface area contributed by atoms with E-state index in [0.29, 0.717) is 36.0 Å². The first kappa shape index (κ1) is 24.8. The second kappa shape index (κ2) is 7.59. The topological polar surface area (TPSA) is 35.5 Å². The van der Waals surface area contributed by atoms with E-state index in [-0.39, 0.29) is 39.5 Å². The molecule has 3 aliphatic carbocycles. The quantitative estimate of drug-likeness (QED) is 0.313. The number of esters is 1. The number of hydrogen-bond acceptors (Lipinski definition) is 3. The Labute approximate surface area is 208 Å². The minimum absolute atomic E-state index is 0.0253. The fourth-order valence-corrected chi connectivity index (χ4v) is 10.5. The molecular formula is C31H50O3. The van der Waals surface area contributed by atoms with Crippen LogP contribution in [-0.4, -0.2) is 23.3 Å². The van der Waals surface area contributed by atoms with Crippen molar-refractivity contribution in [3.05, 3.63) is 12.2 Å². The third kappa shape index (κ3) is 3.13.